The quantitative estimate of drug-likeness (QED) is 0.822. The number of rotatable bonds is 5. The molecule has 1 fully saturated rings. The molecule has 1 aliphatic heterocycles. The third-order valence-corrected chi connectivity index (χ3v) is 3.07. The Kier molecular flexibility index (Phi) is 3.98. The first-order chi connectivity index (χ1) is 7.83. The Morgan fingerprint density at radius 1 is 1.50 bits per heavy atom. The van der Waals surface area contributed by atoms with Gasteiger partial charge in [0.2, 0.25) is 0 Å². The molecule has 4 nitrogen and oxygen atoms in total. The normalized spacial score (nSPS) is 21.8. The fourth-order valence-electron chi connectivity index (χ4n) is 2.24. The Morgan fingerprint density at radius 3 is 3.06 bits per heavy atom. The van der Waals surface area contributed by atoms with E-state index in [1.165, 1.54) is 0 Å². The minimum atomic E-state index is 0.242. The van der Waals surface area contributed by atoms with E-state index >= 15 is 0 Å². The van der Waals surface area contributed by atoms with Crippen LogP contribution in [0.1, 0.15) is 24.4 Å². The highest BCUT2D eigenvalue weighted by molar-refractivity contribution is 5.07. The molecule has 2 rings (SSSR count). The molecule has 16 heavy (non-hydrogen) atoms. The zero-order valence-corrected chi connectivity index (χ0v) is 9.69. The second-order valence-corrected chi connectivity index (χ2v) is 4.25. The first-order valence-corrected chi connectivity index (χ1v) is 5.75. The number of aliphatic hydroxyl groups is 1. The molecule has 0 amide bonds. The smallest absolute Gasteiger partial charge is 0.129 e. The van der Waals surface area contributed by atoms with Crippen LogP contribution in [0.4, 0.5) is 0 Å². The summed E-state index contributed by atoms with van der Waals surface area (Å²) < 4.78 is 10.6. The van der Waals surface area contributed by atoms with E-state index in [0.29, 0.717) is 12.6 Å². The minimum Gasteiger partial charge on any atom is -0.462 e. The maximum absolute atomic E-state index is 9.21. The van der Waals surface area contributed by atoms with E-state index < -0.39 is 0 Å². The van der Waals surface area contributed by atoms with Crippen LogP contribution in [0.25, 0.3) is 0 Å². The van der Waals surface area contributed by atoms with Crippen LogP contribution in [0.3, 0.4) is 0 Å². The van der Waals surface area contributed by atoms with Crippen molar-refractivity contribution in [3.8, 4) is 0 Å². The zero-order chi connectivity index (χ0) is 11.4. The van der Waals surface area contributed by atoms with Crippen LogP contribution in [-0.4, -0.2) is 36.3 Å². The van der Waals surface area contributed by atoms with E-state index in [4.69, 9.17) is 9.15 Å². The minimum absolute atomic E-state index is 0.242. The van der Waals surface area contributed by atoms with Gasteiger partial charge in [0.15, 0.2) is 0 Å². The molecule has 4 heteroatoms. The molecule has 1 aromatic heterocycles. The average Bonchev–Trinajstić information content (AvgIpc) is 2.89. The maximum atomic E-state index is 9.21. The van der Waals surface area contributed by atoms with Gasteiger partial charge in [-0.05, 0) is 31.5 Å². The van der Waals surface area contributed by atoms with Crippen molar-refractivity contribution >= 4 is 0 Å². The summed E-state index contributed by atoms with van der Waals surface area (Å²) in [5.41, 5.74) is 0. The Hall–Kier alpha value is -0.840. The van der Waals surface area contributed by atoms with E-state index in [1.807, 2.05) is 12.1 Å². The number of methoxy groups -OCH3 is 1. The fraction of sp³-hybridized carbons (Fsp3) is 0.667. The van der Waals surface area contributed by atoms with Gasteiger partial charge in [0.25, 0.3) is 0 Å². The van der Waals surface area contributed by atoms with Crippen molar-refractivity contribution in [2.24, 2.45) is 0 Å². The number of hydrogen-bond donors (Lipinski definition) is 1. The van der Waals surface area contributed by atoms with Gasteiger partial charge >= 0.3 is 0 Å². The van der Waals surface area contributed by atoms with Crippen molar-refractivity contribution in [1.29, 1.82) is 0 Å². The molecule has 90 valence electrons. The number of furan rings is 1. The zero-order valence-electron chi connectivity index (χ0n) is 9.69. The molecule has 0 aromatic carbocycles. The van der Waals surface area contributed by atoms with Crippen molar-refractivity contribution in [1.82, 2.24) is 4.90 Å². The Labute approximate surface area is 95.8 Å². The monoisotopic (exact) mass is 225 g/mol. The lowest BCUT2D eigenvalue weighted by Gasteiger charge is -2.21. The molecule has 0 radical (unpaired) electrons. The van der Waals surface area contributed by atoms with Crippen LogP contribution in [0.15, 0.2) is 16.5 Å². The largest absolute Gasteiger partial charge is 0.462 e. The SMILES string of the molecule is COCc1ccc(CN2CCCC2CO)o1. The predicted molar refractivity (Wildman–Crippen MR) is 59.9 cm³/mol. The van der Waals surface area contributed by atoms with Gasteiger partial charge in [-0.1, -0.05) is 0 Å². The number of hydrogen-bond acceptors (Lipinski definition) is 4. The first kappa shape index (κ1) is 11.6. The summed E-state index contributed by atoms with van der Waals surface area (Å²) >= 11 is 0. The van der Waals surface area contributed by atoms with Crippen LogP contribution < -0.4 is 0 Å². The fourth-order valence-corrected chi connectivity index (χ4v) is 2.24. The molecule has 1 atom stereocenters. The summed E-state index contributed by atoms with van der Waals surface area (Å²) in [6, 6.07) is 4.24. The van der Waals surface area contributed by atoms with Crippen LogP contribution in [-0.2, 0) is 17.9 Å². The van der Waals surface area contributed by atoms with Crippen molar-refractivity contribution in [3.05, 3.63) is 23.7 Å². The number of ether oxygens (including phenoxy) is 1. The van der Waals surface area contributed by atoms with Crippen molar-refractivity contribution in [2.75, 3.05) is 20.3 Å². The summed E-state index contributed by atoms with van der Waals surface area (Å²) in [5.74, 6) is 1.81. The van der Waals surface area contributed by atoms with Crippen LogP contribution in [0.5, 0.6) is 0 Å². The lowest BCUT2D eigenvalue weighted by atomic mass is 10.2. The Morgan fingerprint density at radius 2 is 2.31 bits per heavy atom. The van der Waals surface area contributed by atoms with E-state index in [0.717, 1.165) is 37.5 Å². The number of nitrogens with zero attached hydrogens (tertiary/aromatic N) is 1. The third kappa shape index (κ3) is 2.64. The predicted octanol–water partition coefficient (Wildman–Crippen LogP) is 1.38. The highest BCUT2D eigenvalue weighted by Crippen LogP contribution is 2.20. The number of likely N-dealkylation sites (tertiary alicyclic amines) is 1. The Bertz CT molecular complexity index is 324. The lowest BCUT2D eigenvalue weighted by Crippen LogP contribution is -2.31. The molecule has 0 saturated carbocycles. The second-order valence-electron chi connectivity index (χ2n) is 4.25. The summed E-state index contributed by atoms with van der Waals surface area (Å²) in [7, 11) is 1.66. The molecular formula is C12H19NO3. The van der Waals surface area contributed by atoms with E-state index in [2.05, 4.69) is 4.90 Å². The summed E-state index contributed by atoms with van der Waals surface area (Å²) in [4.78, 5) is 2.27. The van der Waals surface area contributed by atoms with Gasteiger partial charge in [0, 0.05) is 13.2 Å². The van der Waals surface area contributed by atoms with E-state index in [-0.39, 0.29) is 6.61 Å². The highest BCUT2D eigenvalue weighted by Gasteiger charge is 2.24. The third-order valence-electron chi connectivity index (χ3n) is 3.07. The van der Waals surface area contributed by atoms with Crippen LogP contribution in [0.2, 0.25) is 0 Å². The maximum Gasteiger partial charge on any atom is 0.129 e. The molecule has 1 aromatic rings. The summed E-state index contributed by atoms with van der Waals surface area (Å²) in [6.45, 7) is 2.59. The lowest BCUT2D eigenvalue weighted by molar-refractivity contribution is 0.138. The molecule has 2 heterocycles. The summed E-state index contributed by atoms with van der Waals surface area (Å²) in [6.07, 6.45) is 2.25. The van der Waals surface area contributed by atoms with Crippen molar-refractivity contribution in [3.63, 3.8) is 0 Å². The molecule has 1 unspecified atom stereocenters. The molecule has 0 aliphatic carbocycles. The average molecular weight is 225 g/mol. The standard InChI is InChI=1S/C12H19NO3/c1-15-9-12-5-4-11(16-12)7-13-6-2-3-10(13)8-14/h4-5,10,14H,2-3,6-9H2,1H3. The molecular weight excluding hydrogens is 206 g/mol. The van der Waals surface area contributed by atoms with Crippen molar-refractivity contribution < 1.29 is 14.3 Å². The van der Waals surface area contributed by atoms with Gasteiger partial charge in [-0.3, -0.25) is 4.90 Å². The van der Waals surface area contributed by atoms with Crippen LogP contribution >= 0.6 is 0 Å². The van der Waals surface area contributed by atoms with Gasteiger partial charge in [-0.2, -0.15) is 0 Å². The van der Waals surface area contributed by atoms with E-state index in [9.17, 15) is 5.11 Å². The Balaban J connectivity index is 1.92. The summed E-state index contributed by atoms with van der Waals surface area (Å²) in [5, 5.41) is 9.21. The van der Waals surface area contributed by atoms with Gasteiger partial charge in [-0.25, -0.2) is 0 Å². The second kappa shape index (κ2) is 5.48. The number of aliphatic hydroxyl groups excluding tert-OH is 1. The molecule has 1 aliphatic rings. The topological polar surface area (TPSA) is 45.8 Å². The van der Waals surface area contributed by atoms with Crippen molar-refractivity contribution in [2.45, 2.75) is 32.0 Å². The van der Waals surface area contributed by atoms with Gasteiger partial charge < -0.3 is 14.3 Å². The van der Waals surface area contributed by atoms with Gasteiger partial charge in [0.05, 0.1) is 13.2 Å². The van der Waals surface area contributed by atoms with Crippen LogP contribution in [0, 0.1) is 0 Å². The molecule has 0 bridgehead atoms. The highest BCUT2D eigenvalue weighted by atomic mass is 16.5. The van der Waals surface area contributed by atoms with Gasteiger partial charge in [0.1, 0.15) is 18.1 Å². The molecule has 1 saturated heterocycles. The first-order valence-electron chi connectivity index (χ1n) is 5.75. The molecule has 1 N–H and O–H groups in total. The van der Waals surface area contributed by atoms with E-state index in [1.54, 1.807) is 7.11 Å². The molecule has 0 spiro atoms. The van der Waals surface area contributed by atoms with Gasteiger partial charge in [-0.15, -0.1) is 0 Å².